The molecule has 1 aromatic carbocycles. The molecule has 0 spiro atoms. The Labute approximate surface area is 113 Å². The van der Waals surface area contributed by atoms with Crippen molar-refractivity contribution in [2.24, 2.45) is 0 Å². The molecule has 1 aromatic rings. The van der Waals surface area contributed by atoms with Crippen LogP contribution in [0.2, 0.25) is 5.02 Å². The Hall–Kier alpha value is -1.35. The highest BCUT2D eigenvalue weighted by Crippen LogP contribution is 2.29. The van der Waals surface area contributed by atoms with Crippen LogP contribution in [-0.4, -0.2) is 11.7 Å². The van der Waals surface area contributed by atoms with Crippen LogP contribution in [0, 0.1) is 0 Å². The monoisotopic (exact) mass is 267 g/mol. The topological polar surface area (TPSA) is 46.2 Å². The zero-order valence-corrected chi connectivity index (χ0v) is 11.9. The molecule has 0 unspecified atom stereocenters. The molecule has 1 rings (SSSR count). The molecule has 0 heterocycles. The zero-order chi connectivity index (χ0) is 13.9. The molecule has 1 amide bonds. The molecule has 0 aliphatic rings. The summed E-state index contributed by atoms with van der Waals surface area (Å²) < 4.78 is 0. The quantitative estimate of drug-likeness (QED) is 0.851. The number of rotatable bonds is 3. The Kier molecular flexibility index (Phi) is 4.52. The second kappa shape index (κ2) is 5.53. The molecule has 0 bridgehead atoms. The van der Waals surface area contributed by atoms with Crippen molar-refractivity contribution >= 4 is 29.0 Å². The maximum atomic E-state index is 11.5. The first kappa shape index (κ1) is 14.7. The van der Waals surface area contributed by atoms with E-state index in [1.54, 1.807) is 6.07 Å². The van der Waals surface area contributed by atoms with Crippen LogP contribution in [0.15, 0.2) is 18.2 Å². The fraction of sp³-hybridized carbons (Fsp3) is 0.429. The van der Waals surface area contributed by atoms with Gasteiger partial charge in [-0.2, -0.15) is 0 Å². The van der Waals surface area contributed by atoms with Crippen molar-refractivity contribution in [3.8, 4) is 0 Å². The van der Waals surface area contributed by atoms with Gasteiger partial charge in [-0.15, -0.1) is 0 Å². The molecular weight excluding hydrogens is 250 g/mol. The number of benzene rings is 1. The molecule has 4 heteroatoms. The van der Waals surface area contributed by atoms with Crippen molar-refractivity contribution in [1.29, 1.82) is 0 Å². The van der Waals surface area contributed by atoms with Crippen LogP contribution in [0.1, 0.15) is 39.7 Å². The highest BCUT2D eigenvalue weighted by molar-refractivity contribution is 6.33. The number of hydrogen-bond acceptors (Lipinski definition) is 2. The molecule has 0 saturated carbocycles. The molecule has 18 heavy (non-hydrogen) atoms. The Morgan fingerprint density at radius 2 is 1.89 bits per heavy atom. The lowest BCUT2D eigenvalue weighted by Crippen LogP contribution is -2.16. The van der Waals surface area contributed by atoms with Gasteiger partial charge in [0.25, 0.3) is 0 Å². The summed E-state index contributed by atoms with van der Waals surface area (Å²) in [6.45, 7) is 7.65. The number of nitrogens with one attached hydrogen (secondary N) is 1. The first-order chi connectivity index (χ1) is 8.20. The van der Waals surface area contributed by atoms with Crippen LogP contribution in [0.5, 0.6) is 0 Å². The molecule has 0 radical (unpaired) electrons. The summed E-state index contributed by atoms with van der Waals surface area (Å²) in [6.07, 6.45) is -0.128. The van der Waals surface area contributed by atoms with Crippen molar-refractivity contribution in [2.45, 2.75) is 39.5 Å². The minimum Gasteiger partial charge on any atom is -0.324 e. The maximum Gasteiger partial charge on any atom is 0.231 e. The van der Waals surface area contributed by atoms with Crippen LogP contribution in [0.3, 0.4) is 0 Å². The Morgan fingerprint density at radius 1 is 1.28 bits per heavy atom. The lowest BCUT2D eigenvalue weighted by Gasteiger charge is -2.20. The summed E-state index contributed by atoms with van der Waals surface area (Å²) in [7, 11) is 0. The summed E-state index contributed by atoms with van der Waals surface area (Å²) in [6, 6.07) is 5.53. The molecule has 0 aliphatic heterocycles. The molecular formula is C14H18ClNO2. The predicted octanol–water partition coefficient (Wildman–Crippen LogP) is 3.56. The number of carbonyl (C=O) groups excluding carboxylic acids is 2. The maximum absolute atomic E-state index is 11.5. The standard InChI is InChI=1S/C14H18ClNO2/c1-9(17)7-13(18)16-12-6-5-10(8-11(12)15)14(2,3)4/h5-6,8H,7H2,1-4H3,(H,16,18). The van der Waals surface area contributed by atoms with Crippen molar-refractivity contribution in [1.82, 2.24) is 0 Å². The van der Waals surface area contributed by atoms with E-state index in [0.29, 0.717) is 10.7 Å². The molecule has 0 saturated heterocycles. The van der Waals surface area contributed by atoms with Crippen LogP contribution in [0.4, 0.5) is 5.69 Å². The van der Waals surface area contributed by atoms with Gasteiger partial charge in [-0.3, -0.25) is 9.59 Å². The predicted molar refractivity (Wildman–Crippen MR) is 74.1 cm³/mol. The second-order valence-corrected chi connectivity index (χ2v) is 5.78. The Morgan fingerprint density at radius 3 is 2.33 bits per heavy atom. The normalized spacial score (nSPS) is 11.2. The van der Waals surface area contributed by atoms with Gasteiger partial charge in [0.15, 0.2) is 0 Å². The van der Waals surface area contributed by atoms with Gasteiger partial charge in [-0.1, -0.05) is 38.4 Å². The van der Waals surface area contributed by atoms with E-state index in [1.807, 2.05) is 12.1 Å². The molecule has 1 N–H and O–H groups in total. The second-order valence-electron chi connectivity index (χ2n) is 5.37. The van der Waals surface area contributed by atoms with Crippen LogP contribution < -0.4 is 5.32 Å². The van der Waals surface area contributed by atoms with Gasteiger partial charge in [-0.05, 0) is 30.0 Å². The SMILES string of the molecule is CC(=O)CC(=O)Nc1ccc(C(C)(C)C)cc1Cl. The summed E-state index contributed by atoms with van der Waals surface area (Å²) in [5.41, 5.74) is 1.64. The van der Waals surface area contributed by atoms with E-state index in [2.05, 4.69) is 26.1 Å². The number of hydrogen-bond donors (Lipinski definition) is 1. The fourth-order valence-corrected chi connectivity index (χ4v) is 1.73. The van der Waals surface area contributed by atoms with Gasteiger partial charge in [-0.25, -0.2) is 0 Å². The molecule has 0 fully saturated rings. The molecule has 3 nitrogen and oxygen atoms in total. The van der Waals surface area contributed by atoms with E-state index < -0.39 is 0 Å². The van der Waals surface area contributed by atoms with E-state index >= 15 is 0 Å². The zero-order valence-electron chi connectivity index (χ0n) is 11.1. The van der Waals surface area contributed by atoms with Gasteiger partial charge in [0.1, 0.15) is 5.78 Å². The molecule has 98 valence electrons. The van der Waals surface area contributed by atoms with Gasteiger partial charge >= 0.3 is 0 Å². The van der Waals surface area contributed by atoms with E-state index in [0.717, 1.165) is 5.56 Å². The highest BCUT2D eigenvalue weighted by Gasteiger charge is 2.15. The van der Waals surface area contributed by atoms with Gasteiger partial charge in [0.2, 0.25) is 5.91 Å². The summed E-state index contributed by atoms with van der Waals surface area (Å²) in [4.78, 5) is 22.3. The third kappa shape index (κ3) is 4.15. The van der Waals surface area contributed by atoms with Gasteiger partial charge in [0.05, 0.1) is 17.1 Å². The summed E-state index contributed by atoms with van der Waals surface area (Å²) in [5.74, 6) is -0.511. The summed E-state index contributed by atoms with van der Waals surface area (Å²) >= 11 is 6.12. The number of anilines is 1. The number of amides is 1. The van der Waals surface area contributed by atoms with E-state index in [1.165, 1.54) is 6.92 Å². The third-order valence-corrected chi connectivity index (χ3v) is 2.83. The van der Waals surface area contributed by atoms with E-state index in [-0.39, 0.29) is 23.5 Å². The first-order valence-electron chi connectivity index (χ1n) is 5.79. The smallest absolute Gasteiger partial charge is 0.231 e. The van der Waals surface area contributed by atoms with Crippen molar-refractivity contribution in [3.63, 3.8) is 0 Å². The Balaban J connectivity index is 2.87. The largest absolute Gasteiger partial charge is 0.324 e. The Bertz CT molecular complexity index is 475. The minimum atomic E-state index is -0.340. The van der Waals surface area contributed by atoms with Crippen LogP contribution in [-0.2, 0) is 15.0 Å². The lowest BCUT2D eigenvalue weighted by molar-refractivity contribution is -0.124. The third-order valence-electron chi connectivity index (χ3n) is 2.52. The number of carbonyl (C=O) groups is 2. The molecule has 0 aliphatic carbocycles. The average Bonchev–Trinajstić information content (AvgIpc) is 2.18. The van der Waals surface area contributed by atoms with Crippen LogP contribution in [0.25, 0.3) is 0 Å². The van der Waals surface area contributed by atoms with Crippen molar-refractivity contribution in [2.75, 3.05) is 5.32 Å². The number of halogens is 1. The average molecular weight is 268 g/mol. The molecule has 0 aromatic heterocycles. The fourth-order valence-electron chi connectivity index (χ4n) is 1.50. The highest BCUT2D eigenvalue weighted by atomic mass is 35.5. The minimum absolute atomic E-state index is 0.00552. The lowest BCUT2D eigenvalue weighted by atomic mass is 9.87. The van der Waals surface area contributed by atoms with Gasteiger partial charge in [0, 0.05) is 0 Å². The number of ketones is 1. The molecule has 0 atom stereocenters. The summed E-state index contributed by atoms with van der Waals surface area (Å²) in [5, 5.41) is 3.11. The first-order valence-corrected chi connectivity index (χ1v) is 6.17. The van der Waals surface area contributed by atoms with Crippen molar-refractivity contribution < 1.29 is 9.59 Å². The van der Waals surface area contributed by atoms with Crippen molar-refractivity contribution in [3.05, 3.63) is 28.8 Å². The van der Waals surface area contributed by atoms with E-state index in [9.17, 15) is 9.59 Å². The van der Waals surface area contributed by atoms with Crippen LogP contribution >= 0.6 is 11.6 Å². The number of Topliss-reactive ketones (excluding diaryl/α,β-unsaturated/α-hetero) is 1. The van der Waals surface area contributed by atoms with Gasteiger partial charge < -0.3 is 5.32 Å². The van der Waals surface area contributed by atoms with E-state index in [4.69, 9.17) is 11.6 Å².